The summed E-state index contributed by atoms with van der Waals surface area (Å²) in [6.45, 7) is 5.32. The molecular formula is C6H14N2O. The summed E-state index contributed by atoms with van der Waals surface area (Å²) in [5.74, 6) is 5.30. The fraction of sp³-hybridized carbons (Fsp3) is 0.833. The lowest BCUT2D eigenvalue weighted by molar-refractivity contribution is -0.118. The number of ketones is 1. The molecule has 0 aromatic carbocycles. The maximum Gasteiger partial charge on any atom is 0.131 e. The first-order valence-electron chi connectivity index (χ1n) is 2.95. The normalized spacial score (nSPS) is 11.6. The summed E-state index contributed by atoms with van der Waals surface area (Å²) in [7, 11) is 0. The van der Waals surface area contributed by atoms with Crippen LogP contribution in [0, 0.1) is 0 Å². The molecule has 0 unspecified atom stereocenters. The third kappa shape index (κ3) is 4.12. The SMILES string of the molecule is CC(=O)CC(C)(C)NN. The fourth-order valence-corrected chi connectivity index (χ4v) is 0.673. The Balaban J connectivity index is 3.71. The number of nitrogens with one attached hydrogen (secondary N) is 1. The standard InChI is InChI=1S/C6H14N2O/c1-5(9)4-6(2,3)8-7/h8H,4,7H2,1-3H3. The summed E-state index contributed by atoms with van der Waals surface area (Å²) in [5, 5.41) is 0. The molecule has 0 rings (SSSR count). The molecule has 0 saturated heterocycles. The zero-order valence-electron chi connectivity index (χ0n) is 6.19. The van der Waals surface area contributed by atoms with Crippen molar-refractivity contribution in [1.82, 2.24) is 5.43 Å². The van der Waals surface area contributed by atoms with Gasteiger partial charge in [-0.1, -0.05) is 0 Å². The topological polar surface area (TPSA) is 55.1 Å². The van der Waals surface area contributed by atoms with Gasteiger partial charge in [-0.15, -0.1) is 0 Å². The molecule has 0 aromatic heterocycles. The second kappa shape index (κ2) is 2.94. The van der Waals surface area contributed by atoms with Crippen LogP contribution in [0.4, 0.5) is 0 Å². The van der Waals surface area contributed by atoms with E-state index in [0.717, 1.165) is 0 Å². The molecule has 3 nitrogen and oxygen atoms in total. The monoisotopic (exact) mass is 130 g/mol. The Bertz CT molecular complexity index is 110. The highest BCUT2D eigenvalue weighted by molar-refractivity contribution is 5.76. The van der Waals surface area contributed by atoms with Gasteiger partial charge in [0.25, 0.3) is 0 Å². The zero-order chi connectivity index (χ0) is 7.49. The molecule has 0 amide bonds. The Hall–Kier alpha value is -0.410. The predicted molar refractivity (Wildman–Crippen MR) is 36.7 cm³/mol. The van der Waals surface area contributed by atoms with E-state index in [1.165, 1.54) is 0 Å². The lowest BCUT2D eigenvalue weighted by Gasteiger charge is -2.21. The maximum absolute atomic E-state index is 10.5. The second-order valence-electron chi connectivity index (χ2n) is 2.91. The summed E-state index contributed by atoms with van der Waals surface area (Å²) in [6, 6.07) is 0. The van der Waals surface area contributed by atoms with Crippen molar-refractivity contribution in [3.63, 3.8) is 0 Å². The number of Topliss-reactive ketones (excluding diaryl/α,β-unsaturated/α-hetero) is 1. The molecule has 0 aromatic rings. The van der Waals surface area contributed by atoms with Crippen molar-refractivity contribution in [2.45, 2.75) is 32.7 Å². The average molecular weight is 130 g/mol. The number of nitrogens with two attached hydrogens (primary N) is 1. The van der Waals surface area contributed by atoms with Crippen molar-refractivity contribution in [3.8, 4) is 0 Å². The Morgan fingerprint density at radius 3 is 2.22 bits per heavy atom. The quantitative estimate of drug-likeness (QED) is 0.424. The highest BCUT2D eigenvalue weighted by atomic mass is 16.1. The van der Waals surface area contributed by atoms with Gasteiger partial charge in [-0.05, 0) is 20.8 Å². The van der Waals surface area contributed by atoms with Crippen LogP contribution in [0.15, 0.2) is 0 Å². The van der Waals surface area contributed by atoms with E-state index in [-0.39, 0.29) is 11.3 Å². The Labute approximate surface area is 55.6 Å². The van der Waals surface area contributed by atoms with E-state index in [1.54, 1.807) is 6.92 Å². The Morgan fingerprint density at radius 1 is 1.67 bits per heavy atom. The average Bonchev–Trinajstić information content (AvgIpc) is 1.63. The molecule has 0 aliphatic heterocycles. The number of carbonyl (C=O) groups is 1. The largest absolute Gasteiger partial charge is 0.300 e. The van der Waals surface area contributed by atoms with Crippen molar-refractivity contribution < 1.29 is 4.79 Å². The summed E-state index contributed by atoms with van der Waals surface area (Å²) < 4.78 is 0. The molecule has 9 heavy (non-hydrogen) atoms. The number of rotatable bonds is 3. The molecule has 3 N–H and O–H groups in total. The van der Waals surface area contributed by atoms with Crippen molar-refractivity contribution in [2.75, 3.05) is 0 Å². The summed E-state index contributed by atoms with van der Waals surface area (Å²) >= 11 is 0. The minimum atomic E-state index is -0.258. The van der Waals surface area contributed by atoms with E-state index in [4.69, 9.17) is 5.84 Å². The van der Waals surface area contributed by atoms with Crippen molar-refractivity contribution >= 4 is 5.78 Å². The molecule has 0 aliphatic carbocycles. The van der Waals surface area contributed by atoms with Crippen LogP contribution in [-0.2, 0) is 4.79 Å². The van der Waals surface area contributed by atoms with Crippen molar-refractivity contribution in [3.05, 3.63) is 0 Å². The molecular weight excluding hydrogens is 116 g/mol. The van der Waals surface area contributed by atoms with Crippen LogP contribution < -0.4 is 11.3 Å². The summed E-state index contributed by atoms with van der Waals surface area (Å²) in [4.78, 5) is 10.5. The van der Waals surface area contributed by atoms with Gasteiger partial charge in [0, 0.05) is 12.0 Å². The van der Waals surface area contributed by atoms with Gasteiger partial charge in [0.05, 0.1) is 0 Å². The molecule has 0 radical (unpaired) electrons. The molecule has 0 atom stereocenters. The maximum atomic E-state index is 10.5. The second-order valence-corrected chi connectivity index (χ2v) is 2.91. The number of hydrogen-bond donors (Lipinski definition) is 2. The van der Waals surface area contributed by atoms with Crippen LogP contribution in [0.2, 0.25) is 0 Å². The number of carbonyl (C=O) groups excluding carboxylic acids is 1. The van der Waals surface area contributed by atoms with Crippen LogP contribution in [0.5, 0.6) is 0 Å². The number of hydrazine groups is 1. The molecule has 54 valence electrons. The van der Waals surface area contributed by atoms with E-state index in [2.05, 4.69) is 5.43 Å². The van der Waals surface area contributed by atoms with E-state index in [0.29, 0.717) is 6.42 Å². The van der Waals surface area contributed by atoms with E-state index in [1.807, 2.05) is 13.8 Å². The first-order chi connectivity index (χ1) is 3.98. The lowest BCUT2D eigenvalue weighted by atomic mass is 10.00. The molecule has 0 aliphatic rings. The van der Waals surface area contributed by atoms with E-state index >= 15 is 0 Å². The minimum absolute atomic E-state index is 0.151. The van der Waals surface area contributed by atoms with Crippen LogP contribution >= 0.6 is 0 Å². The highest BCUT2D eigenvalue weighted by Crippen LogP contribution is 2.05. The van der Waals surface area contributed by atoms with Gasteiger partial charge in [-0.3, -0.25) is 16.1 Å². The van der Waals surface area contributed by atoms with Crippen LogP contribution in [-0.4, -0.2) is 11.3 Å². The molecule has 0 saturated carbocycles. The minimum Gasteiger partial charge on any atom is -0.300 e. The smallest absolute Gasteiger partial charge is 0.131 e. The van der Waals surface area contributed by atoms with Gasteiger partial charge in [0.2, 0.25) is 0 Å². The zero-order valence-corrected chi connectivity index (χ0v) is 6.19. The Kier molecular flexibility index (Phi) is 2.81. The predicted octanol–water partition coefficient (Wildman–Crippen LogP) is 0.207. The van der Waals surface area contributed by atoms with Gasteiger partial charge in [0.1, 0.15) is 5.78 Å². The van der Waals surface area contributed by atoms with E-state index in [9.17, 15) is 4.79 Å². The fourth-order valence-electron chi connectivity index (χ4n) is 0.673. The first kappa shape index (κ1) is 8.59. The highest BCUT2D eigenvalue weighted by Gasteiger charge is 2.16. The van der Waals surface area contributed by atoms with Crippen molar-refractivity contribution in [2.24, 2.45) is 5.84 Å². The third-order valence-corrected chi connectivity index (χ3v) is 1.08. The van der Waals surface area contributed by atoms with Gasteiger partial charge in [-0.2, -0.15) is 0 Å². The van der Waals surface area contributed by atoms with Crippen LogP contribution in [0.25, 0.3) is 0 Å². The van der Waals surface area contributed by atoms with Gasteiger partial charge in [0.15, 0.2) is 0 Å². The lowest BCUT2D eigenvalue weighted by Crippen LogP contribution is -2.45. The van der Waals surface area contributed by atoms with Gasteiger partial charge in [-0.25, -0.2) is 0 Å². The molecule has 0 fully saturated rings. The molecule has 0 spiro atoms. The first-order valence-corrected chi connectivity index (χ1v) is 2.95. The third-order valence-electron chi connectivity index (χ3n) is 1.08. The summed E-state index contributed by atoms with van der Waals surface area (Å²) in [6.07, 6.45) is 0.476. The molecule has 0 heterocycles. The van der Waals surface area contributed by atoms with Gasteiger partial charge < -0.3 is 0 Å². The number of hydrogen-bond acceptors (Lipinski definition) is 3. The van der Waals surface area contributed by atoms with Crippen molar-refractivity contribution in [1.29, 1.82) is 0 Å². The van der Waals surface area contributed by atoms with Gasteiger partial charge >= 0.3 is 0 Å². The Morgan fingerprint density at radius 2 is 2.11 bits per heavy atom. The van der Waals surface area contributed by atoms with E-state index < -0.39 is 0 Å². The van der Waals surface area contributed by atoms with Crippen LogP contribution in [0.1, 0.15) is 27.2 Å². The molecule has 3 heteroatoms. The van der Waals surface area contributed by atoms with Crippen LogP contribution in [0.3, 0.4) is 0 Å². The molecule has 0 bridgehead atoms. The summed E-state index contributed by atoms with van der Waals surface area (Å²) in [5.41, 5.74) is 2.29.